The Bertz CT molecular complexity index is 2870. The number of aromatic nitrogens is 6. The van der Waals surface area contributed by atoms with Crippen molar-refractivity contribution in [3.63, 3.8) is 0 Å². The number of nitrogens with one attached hydrogen (secondary N) is 6. The minimum Gasteiger partial charge on any atom is -1.00 e. The van der Waals surface area contributed by atoms with E-state index in [0.717, 1.165) is 0 Å². The van der Waals surface area contributed by atoms with Gasteiger partial charge in [0.2, 0.25) is 35.7 Å². The first-order chi connectivity index (χ1) is 30.9. The molecule has 8 aromatic rings. The van der Waals surface area contributed by atoms with Crippen LogP contribution in [0.4, 0.5) is 69.8 Å². The van der Waals surface area contributed by atoms with Crippen molar-refractivity contribution in [2.24, 2.45) is 0 Å². The Hall–Kier alpha value is -6.30. The van der Waals surface area contributed by atoms with Crippen LogP contribution in [0.5, 0.6) is 0 Å². The number of hydrogen-bond acceptors (Lipinski definition) is 16. The van der Waals surface area contributed by atoms with Gasteiger partial charge < -0.3 is 34.8 Å². The van der Waals surface area contributed by atoms with Gasteiger partial charge in [-0.2, -0.15) is 46.7 Å². The van der Waals surface area contributed by atoms with Crippen LogP contribution in [0.1, 0.15) is 14.0 Å². The van der Waals surface area contributed by atoms with Crippen LogP contribution in [0, 0.1) is 0 Å². The number of rotatable bonds is 16. The molecule has 0 aliphatic heterocycles. The fourth-order valence-electron chi connectivity index (χ4n) is 6.07. The maximum atomic E-state index is 12.7. The fourth-order valence-corrected chi connectivity index (χ4v) is 7.49. The molecular weight excluding hydrogens is 903 g/mol. The van der Waals surface area contributed by atoms with Crippen LogP contribution in [-0.4, -0.2) is 55.8 Å². The van der Waals surface area contributed by atoms with E-state index < -0.39 is 30.0 Å². The van der Waals surface area contributed by atoms with E-state index in [2.05, 4.69) is 61.8 Å². The molecule has 0 radical (unpaired) electrons. The van der Waals surface area contributed by atoms with Crippen molar-refractivity contribution in [3.05, 3.63) is 169 Å². The topological polar surface area (TPSA) is 258 Å². The van der Waals surface area contributed by atoms with E-state index >= 15 is 0 Å². The zero-order chi connectivity index (χ0) is 44.5. The molecule has 0 bridgehead atoms. The molecule has 8 N–H and O–H groups in total. The molecule has 2 heterocycles. The molecule has 22 heteroatoms. The summed E-state index contributed by atoms with van der Waals surface area (Å²) in [6.45, 7) is 0. The molecule has 324 valence electrons. The zero-order valence-electron chi connectivity index (χ0n) is 37.2. The number of para-hydroxylation sites is 4. The summed E-state index contributed by atoms with van der Waals surface area (Å²) in [6.07, 6.45) is 2.57. The van der Waals surface area contributed by atoms with E-state index in [1.807, 2.05) is 121 Å². The first-order valence-corrected chi connectivity index (χ1v) is 22.0. The summed E-state index contributed by atoms with van der Waals surface area (Å²) in [6, 6.07) is 45.0. The zero-order valence-corrected chi connectivity index (χ0v) is 40.8. The van der Waals surface area contributed by atoms with Crippen molar-refractivity contribution in [3.8, 4) is 0 Å². The molecule has 0 saturated carbocycles. The van der Waals surface area contributed by atoms with E-state index in [0.29, 0.717) is 22.7 Å². The Morgan fingerprint density at radius 1 is 0.348 bits per heavy atom. The van der Waals surface area contributed by atoms with E-state index in [4.69, 9.17) is 0 Å². The summed E-state index contributed by atoms with van der Waals surface area (Å²) in [5.41, 5.74) is 3.18. The van der Waals surface area contributed by atoms with Gasteiger partial charge in [-0.05, 0) is 83.9 Å². The van der Waals surface area contributed by atoms with Crippen LogP contribution in [0.2, 0.25) is 0 Å². The Morgan fingerprint density at radius 3 is 0.803 bits per heavy atom. The Balaban J connectivity index is 0.00000252. The summed E-state index contributed by atoms with van der Waals surface area (Å²) in [4.78, 5) is 25.7. The quantitative estimate of drug-likeness (QED) is 0.0392. The number of nitrogens with zero attached hydrogens (tertiary/aromatic N) is 6. The predicted octanol–water partition coefficient (Wildman–Crippen LogP) is 3.42. The first kappa shape index (κ1) is 49.1. The van der Waals surface area contributed by atoms with Crippen LogP contribution < -0.4 is 91.0 Å². The van der Waals surface area contributed by atoms with E-state index in [-0.39, 0.29) is 120 Å². The molecule has 0 aliphatic rings. The smallest absolute Gasteiger partial charge is 1.00 e. The third-order valence-electron chi connectivity index (χ3n) is 8.93. The Labute approximate surface area is 427 Å². The molecule has 0 aliphatic carbocycles. The van der Waals surface area contributed by atoms with Crippen molar-refractivity contribution in [2.45, 2.75) is 9.79 Å². The van der Waals surface area contributed by atoms with Crippen molar-refractivity contribution in [1.29, 1.82) is 0 Å². The molecule has 0 spiro atoms. The van der Waals surface area contributed by atoms with Gasteiger partial charge in [0.1, 0.15) is 9.79 Å². The average Bonchev–Trinajstić information content (AvgIpc) is 3.27. The van der Waals surface area contributed by atoms with Gasteiger partial charge in [-0.25, -0.2) is 0 Å². The Kier molecular flexibility index (Phi) is 16.6. The van der Waals surface area contributed by atoms with Crippen molar-refractivity contribution < 1.29 is 87.9 Å². The number of hydrogen-bond donors (Lipinski definition) is 8. The van der Waals surface area contributed by atoms with Gasteiger partial charge in [0.05, 0.1) is 0 Å². The third-order valence-corrected chi connectivity index (χ3v) is 10.7. The molecule has 66 heavy (non-hydrogen) atoms. The summed E-state index contributed by atoms with van der Waals surface area (Å²) >= 11 is 0. The second-order valence-electron chi connectivity index (χ2n) is 13.6. The largest absolute Gasteiger partial charge is 1.00 e. The summed E-state index contributed by atoms with van der Waals surface area (Å²) in [5, 5.41) is 18.4. The normalized spacial score (nSPS) is 11.1. The molecule has 6 aromatic carbocycles. The maximum Gasteiger partial charge on any atom is 1.00 e. The van der Waals surface area contributed by atoms with Crippen LogP contribution in [-0.2, 0) is 20.2 Å². The van der Waals surface area contributed by atoms with E-state index in [1.165, 1.54) is 48.6 Å². The van der Waals surface area contributed by atoms with Crippen molar-refractivity contribution >= 4 is 102 Å². The minimum atomic E-state index is -4.85. The second-order valence-corrected chi connectivity index (χ2v) is 16.4. The maximum absolute atomic E-state index is 12.7. The summed E-state index contributed by atoms with van der Waals surface area (Å²) in [7, 11) is -9.71. The van der Waals surface area contributed by atoms with Crippen LogP contribution in [0.15, 0.2) is 168 Å². The van der Waals surface area contributed by atoms with Gasteiger partial charge in [0.25, 0.3) is 20.2 Å². The van der Waals surface area contributed by atoms with Gasteiger partial charge in [-0.1, -0.05) is 97.1 Å². The van der Waals surface area contributed by atoms with Crippen molar-refractivity contribution in [1.82, 2.24) is 29.9 Å². The monoisotopic (exact) mass is 940 g/mol. The molecule has 0 saturated heterocycles. The molecule has 0 fully saturated rings. The van der Waals surface area contributed by atoms with Gasteiger partial charge in [-0.3, -0.25) is 9.11 Å². The van der Waals surface area contributed by atoms with Gasteiger partial charge in [-0.15, -0.1) is 0 Å². The number of anilines is 12. The summed E-state index contributed by atoms with van der Waals surface area (Å²) in [5.74, 6) is 0.775. The molecule has 18 nitrogen and oxygen atoms in total. The van der Waals surface area contributed by atoms with Crippen LogP contribution in [0.25, 0.3) is 12.2 Å². The van der Waals surface area contributed by atoms with E-state index in [1.54, 1.807) is 0 Å². The fraction of sp³-hybridized carbons (Fsp3) is 0. The average molecular weight is 941 g/mol. The van der Waals surface area contributed by atoms with Gasteiger partial charge >= 0.3 is 59.1 Å². The van der Waals surface area contributed by atoms with Gasteiger partial charge in [0, 0.05) is 34.1 Å². The molecule has 0 atom stereocenters. The molecule has 0 amide bonds. The van der Waals surface area contributed by atoms with Crippen molar-refractivity contribution in [2.75, 3.05) is 31.9 Å². The number of benzene rings is 6. The molecule has 2 aromatic heterocycles. The first-order valence-electron chi connectivity index (χ1n) is 19.2. The SMILES string of the molecule is O=S(=O)(O)c1cc(Nc2nc(Nc3ccccc3)nc(Nc3ccccc3)n2)ccc1/C=C/c1ccc(Nc2nc(Nc3ccccc3)nc(Nc3ccccc3)n2)cc1S(=O)(=O)O.[H-].[H-].[Na+].[Na+]. The standard InChI is InChI=1S/C44H36N12O6S2.2Na.2H/c57-63(58,59)37-27-35(49-43-53-39(45-31-13-5-1-6-14-31)51-40(54-43)46-32-15-7-2-8-16-32)25-23-29(37)21-22-30-24-26-36(28-38(30)64(60,61)62)50-44-55-41(47-33-17-9-3-10-18-33)52-42(56-44)48-34-19-11-4-12-20-34;;;;/h1-28H,(H,57,58,59)(H,60,61,62)(H3,45,46,49,51,53,54)(H3,47,48,50,52,55,56);;;;/q;2*+1;2*-1/b22-21+;;;;. The predicted molar refractivity (Wildman–Crippen MR) is 249 cm³/mol. The van der Waals surface area contributed by atoms with Crippen LogP contribution >= 0.6 is 0 Å². The molecule has 8 rings (SSSR count). The van der Waals surface area contributed by atoms with Gasteiger partial charge in [0.15, 0.2) is 0 Å². The second kappa shape index (κ2) is 22.3. The molecular formula is C44H38N12Na2O6S2. The van der Waals surface area contributed by atoms with Crippen LogP contribution in [0.3, 0.4) is 0 Å². The summed E-state index contributed by atoms with van der Waals surface area (Å²) < 4.78 is 71.6. The Morgan fingerprint density at radius 2 is 0.576 bits per heavy atom. The van der Waals surface area contributed by atoms with E-state index in [9.17, 15) is 25.9 Å². The minimum absolute atomic E-state index is 0. The molecule has 0 unspecified atom stereocenters. The third kappa shape index (κ3) is 13.6.